The van der Waals surface area contributed by atoms with Gasteiger partial charge in [-0.25, -0.2) is 0 Å². The van der Waals surface area contributed by atoms with Gasteiger partial charge in [-0.2, -0.15) is 0 Å². The lowest BCUT2D eigenvalue weighted by Gasteiger charge is -2.14. The summed E-state index contributed by atoms with van der Waals surface area (Å²) < 4.78 is 0. The summed E-state index contributed by atoms with van der Waals surface area (Å²) in [5.41, 5.74) is 0.543. The van der Waals surface area contributed by atoms with E-state index in [-0.39, 0.29) is 0 Å². The van der Waals surface area contributed by atoms with E-state index in [0.29, 0.717) is 5.69 Å². The summed E-state index contributed by atoms with van der Waals surface area (Å²) in [7, 11) is 0. The Hall–Kier alpha value is -3.00. The fraction of sp³-hybridized carbons (Fsp3) is 0. The molecule has 0 aliphatic carbocycles. The number of fused-ring (bicyclic) bond motifs is 2. The molecule has 0 amide bonds. The van der Waals surface area contributed by atoms with Gasteiger partial charge in [0.1, 0.15) is 5.69 Å². The Morgan fingerprint density at radius 3 is 1.95 bits per heavy atom. The van der Waals surface area contributed by atoms with Gasteiger partial charge < -0.3 is 0 Å². The minimum Gasteiger partial charge on any atom is -0.145 e. The van der Waals surface area contributed by atoms with Gasteiger partial charge in [-0.3, -0.25) is 0 Å². The maximum absolute atomic E-state index is 11.5. The molecule has 2 nitrogen and oxygen atoms in total. The lowest BCUT2D eigenvalue weighted by Crippen LogP contribution is -1.86. The van der Waals surface area contributed by atoms with E-state index in [1.807, 2.05) is 24.3 Å². The maximum atomic E-state index is 11.5. The molecule has 22 heavy (non-hydrogen) atoms. The third-order valence-electron chi connectivity index (χ3n) is 4.60. The fourth-order valence-electron chi connectivity index (χ4n) is 3.67. The van der Waals surface area contributed by atoms with Crippen LogP contribution in [-0.4, -0.2) is 0 Å². The van der Waals surface area contributed by atoms with Gasteiger partial charge in [-0.05, 0) is 32.1 Å². The zero-order valence-corrected chi connectivity index (χ0v) is 11.7. The molecular weight excluding hydrogens is 270 g/mol. The Labute approximate surface area is 126 Å². The molecule has 0 aromatic heterocycles. The van der Waals surface area contributed by atoms with Gasteiger partial charge in [-0.15, -0.1) is 4.91 Å². The first kappa shape index (κ1) is 11.6. The van der Waals surface area contributed by atoms with Crippen LogP contribution >= 0.6 is 0 Å². The number of rotatable bonds is 1. The molecule has 2 heteroatoms. The third-order valence-corrected chi connectivity index (χ3v) is 4.60. The molecule has 0 atom stereocenters. The number of hydrogen-bond acceptors (Lipinski definition) is 2. The topological polar surface area (TPSA) is 29.4 Å². The minimum atomic E-state index is 0.543. The lowest BCUT2D eigenvalue weighted by atomic mass is 9.90. The van der Waals surface area contributed by atoms with Crippen LogP contribution in [0.4, 0.5) is 5.69 Å². The third kappa shape index (κ3) is 1.29. The molecule has 0 saturated carbocycles. The van der Waals surface area contributed by atoms with Crippen molar-refractivity contribution in [3.8, 4) is 0 Å². The van der Waals surface area contributed by atoms with Crippen molar-refractivity contribution in [3.05, 3.63) is 71.6 Å². The summed E-state index contributed by atoms with van der Waals surface area (Å²) in [4.78, 5) is 11.5. The molecule has 0 unspecified atom stereocenters. The second-order valence-electron chi connectivity index (χ2n) is 5.67. The van der Waals surface area contributed by atoms with Crippen molar-refractivity contribution in [3.63, 3.8) is 0 Å². The minimum absolute atomic E-state index is 0.543. The van der Waals surface area contributed by atoms with Crippen molar-refractivity contribution in [2.45, 2.75) is 0 Å². The largest absolute Gasteiger partial charge is 0.145 e. The molecule has 0 spiro atoms. The lowest BCUT2D eigenvalue weighted by molar-refractivity contribution is 1.58. The van der Waals surface area contributed by atoms with E-state index in [9.17, 15) is 4.91 Å². The Kier molecular flexibility index (Phi) is 2.12. The standard InChI is InChI=1S/C20H11NO/c22-21-20-16-7-2-1-6-14(16)15-10-8-12-4-3-5-13-9-11-17(20)19(15)18(12)13/h1-11H. The molecular formula is C20H11NO. The van der Waals surface area contributed by atoms with Gasteiger partial charge in [0.05, 0.1) is 0 Å². The van der Waals surface area contributed by atoms with Crippen LogP contribution < -0.4 is 0 Å². The SMILES string of the molecule is O=Nc1c2ccccc2c2ccc3cccc4ccc1c2c43. The highest BCUT2D eigenvalue weighted by Gasteiger charge is 2.15. The Morgan fingerprint density at radius 2 is 1.23 bits per heavy atom. The molecule has 0 bridgehead atoms. The van der Waals surface area contributed by atoms with E-state index in [0.717, 1.165) is 21.5 Å². The van der Waals surface area contributed by atoms with E-state index < -0.39 is 0 Å². The van der Waals surface area contributed by atoms with Crippen LogP contribution in [0.5, 0.6) is 0 Å². The first-order valence-electron chi connectivity index (χ1n) is 7.30. The second-order valence-corrected chi connectivity index (χ2v) is 5.67. The fourth-order valence-corrected chi connectivity index (χ4v) is 3.67. The van der Waals surface area contributed by atoms with Gasteiger partial charge in [0, 0.05) is 16.2 Å². The van der Waals surface area contributed by atoms with Crippen LogP contribution in [0, 0.1) is 4.91 Å². The predicted octanol–water partition coefficient (Wildman–Crippen LogP) is 6.14. The van der Waals surface area contributed by atoms with Crippen molar-refractivity contribution >= 4 is 48.8 Å². The average Bonchev–Trinajstić information content (AvgIpc) is 2.59. The molecule has 0 radical (unpaired) electrons. The molecule has 0 fully saturated rings. The van der Waals surface area contributed by atoms with E-state index in [1.54, 1.807) is 0 Å². The van der Waals surface area contributed by atoms with Crippen molar-refractivity contribution in [1.29, 1.82) is 0 Å². The van der Waals surface area contributed by atoms with Crippen molar-refractivity contribution in [2.24, 2.45) is 5.18 Å². The van der Waals surface area contributed by atoms with E-state index in [2.05, 4.69) is 47.6 Å². The second kappa shape index (κ2) is 4.01. The zero-order valence-electron chi connectivity index (χ0n) is 11.7. The van der Waals surface area contributed by atoms with Crippen LogP contribution in [0.15, 0.2) is 71.9 Å². The summed E-state index contributed by atoms with van der Waals surface area (Å²) in [5.74, 6) is 0. The van der Waals surface area contributed by atoms with Gasteiger partial charge in [0.25, 0.3) is 0 Å². The highest BCUT2D eigenvalue weighted by atomic mass is 16.3. The van der Waals surface area contributed by atoms with Crippen LogP contribution in [0.3, 0.4) is 0 Å². The highest BCUT2D eigenvalue weighted by Crippen LogP contribution is 2.43. The molecule has 102 valence electrons. The monoisotopic (exact) mass is 281 g/mol. The molecule has 0 aliphatic rings. The van der Waals surface area contributed by atoms with Crippen LogP contribution in [0.1, 0.15) is 0 Å². The Bertz CT molecular complexity index is 1170. The predicted molar refractivity (Wildman–Crippen MR) is 93.1 cm³/mol. The molecule has 5 rings (SSSR count). The highest BCUT2D eigenvalue weighted by molar-refractivity contribution is 6.32. The number of hydrogen-bond donors (Lipinski definition) is 0. The van der Waals surface area contributed by atoms with Crippen LogP contribution in [0.2, 0.25) is 0 Å². The summed E-state index contributed by atoms with van der Waals surface area (Å²) in [6.45, 7) is 0. The molecule has 0 heterocycles. The maximum Gasteiger partial charge on any atom is 0.123 e. The first-order chi connectivity index (χ1) is 10.9. The van der Waals surface area contributed by atoms with Crippen molar-refractivity contribution in [1.82, 2.24) is 0 Å². The van der Waals surface area contributed by atoms with Crippen molar-refractivity contribution < 1.29 is 0 Å². The van der Waals surface area contributed by atoms with E-state index in [4.69, 9.17) is 0 Å². The van der Waals surface area contributed by atoms with Crippen molar-refractivity contribution in [2.75, 3.05) is 0 Å². The first-order valence-corrected chi connectivity index (χ1v) is 7.30. The van der Waals surface area contributed by atoms with Gasteiger partial charge in [0.15, 0.2) is 0 Å². The van der Waals surface area contributed by atoms with Crippen LogP contribution in [-0.2, 0) is 0 Å². The summed E-state index contributed by atoms with van der Waals surface area (Å²) in [6, 6.07) is 22.7. The smallest absolute Gasteiger partial charge is 0.123 e. The van der Waals surface area contributed by atoms with Gasteiger partial charge in [0.2, 0.25) is 0 Å². The number of nitroso groups, excluding NO2 is 1. The normalized spacial score (nSPS) is 11.8. The summed E-state index contributed by atoms with van der Waals surface area (Å²) >= 11 is 0. The van der Waals surface area contributed by atoms with Gasteiger partial charge in [-0.1, -0.05) is 66.7 Å². The molecule has 0 saturated heterocycles. The molecule has 5 aromatic rings. The average molecular weight is 281 g/mol. The summed E-state index contributed by atoms with van der Waals surface area (Å²) in [5, 5.41) is 12.2. The Balaban J connectivity index is 2.25. The summed E-state index contributed by atoms with van der Waals surface area (Å²) in [6.07, 6.45) is 0. The van der Waals surface area contributed by atoms with E-state index in [1.165, 1.54) is 21.5 Å². The molecule has 0 N–H and O–H groups in total. The molecule has 0 aliphatic heterocycles. The quantitative estimate of drug-likeness (QED) is 0.206. The number of nitrogens with zero attached hydrogens (tertiary/aromatic N) is 1. The molecule has 5 aromatic carbocycles. The van der Waals surface area contributed by atoms with Crippen LogP contribution in [0.25, 0.3) is 43.1 Å². The van der Waals surface area contributed by atoms with Gasteiger partial charge >= 0.3 is 0 Å². The van der Waals surface area contributed by atoms with E-state index >= 15 is 0 Å². The zero-order chi connectivity index (χ0) is 14.7. The Morgan fingerprint density at radius 1 is 0.545 bits per heavy atom. The number of benzene rings is 5.